The van der Waals surface area contributed by atoms with Crippen molar-refractivity contribution >= 4 is 50.7 Å². The third-order valence-electron chi connectivity index (χ3n) is 6.19. The summed E-state index contributed by atoms with van der Waals surface area (Å²) < 4.78 is 26.3. The molecule has 1 saturated carbocycles. The highest BCUT2D eigenvalue weighted by Crippen LogP contribution is 2.25. The lowest BCUT2D eigenvalue weighted by Crippen LogP contribution is -2.52. The summed E-state index contributed by atoms with van der Waals surface area (Å²) in [5, 5.41) is 3.84. The number of sulfonamides is 1. The van der Waals surface area contributed by atoms with Gasteiger partial charge in [0.15, 0.2) is 0 Å². The van der Waals surface area contributed by atoms with Crippen molar-refractivity contribution in [3.05, 3.63) is 63.6 Å². The quantitative estimate of drug-likeness (QED) is 0.506. The molecule has 0 spiro atoms. The second-order valence-electron chi connectivity index (χ2n) is 9.03. The van der Waals surface area contributed by atoms with Gasteiger partial charge < -0.3 is 10.2 Å². The number of halogens is 2. The van der Waals surface area contributed by atoms with Gasteiger partial charge in [-0.2, -0.15) is 0 Å². The summed E-state index contributed by atoms with van der Waals surface area (Å²) in [6, 6.07) is 11.1. The first-order valence-corrected chi connectivity index (χ1v) is 14.1. The molecule has 3 rings (SSSR count). The Balaban J connectivity index is 1.90. The normalized spacial score (nSPS) is 15.0. The minimum Gasteiger partial charge on any atom is -0.352 e. The first-order chi connectivity index (χ1) is 16.5. The molecule has 7 nitrogen and oxygen atoms in total. The summed E-state index contributed by atoms with van der Waals surface area (Å²) in [5.41, 5.74) is 1.84. The molecule has 0 saturated heterocycles. The maximum atomic E-state index is 13.6. The zero-order valence-electron chi connectivity index (χ0n) is 20.1. The number of nitrogens with zero attached hydrogens (tertiary/aromatic N) is 2. The van der Waals surface area contributed by atoms with E-state index >= 15 is 0 Å². The van der Waals surface area contributed by atoms with Gasteiger partial charge in [-0.15, -0.1) is 0 Å². The Labute approximate surface area is 217 Å². The third-order valence-corrected chi connectivity index (χ3v) is 7.92. The molecule has 190 valence electrons. The Morgan fingerprint density at radius 1 is 1.11 bits per heavy atom. The van der Waals surface area contributed by atoms with E-state index in [1.165, 1.54) is 4.90 Å². The van der Waals surface area contributed by atoms with Crippen LogP contribution in [0.1, 0.15) is 43.7 Å². The van der Waals surface area contributed by atoms with Crippen LogP contribution in [0.15, 0.2) is 42.5 Å². The van der Waals surface area contributed by atoms with Crippen LogP contribution in [0.2, 0.25) is 10.0 Å². The zero-order valence-corrected chi connectivity index (χ0v) is 22.5. The second kappa shape index (κ2) is 11.6. The molecule has 0 unspecified atom stereocenters. The molecule has 1 aliphatic carbocycles. The molecule has 1 aliphatic rings. The van der Waals surface area contributed by atoms with Gasteiger partial charge in [-0.05, 0) is 62.1 Å². The van der Waals surface area contributed by atoms with Gasteiger partial charge in [-0.3, -0.25) is 13.9 Å². The predicted octanol–water partition coefficient (Wildman–Crippen LogP) is 4.54. The number of hydrogen-bond acceptors (Lipinski definition) is 4. The molecular formula is C25H31Cl2N3O4S. The Bertz CT molecular complexity index is 1180. The van der Waals surface area contributed by atoms with E-state index in [0.29, 0.717) is 21.3 Å². The maximum Gasteiger partial charge on any atom is 0.244 e. The Morgan fingerprint density at radius 3 is 2.40 bits per heavy atom. The van der Waals surface area contributed by atoms with Gasteiger partial charge in [0.25, 0.3) is 0 Å². The van der Waals surface area contributed by atoms with Crippen molar-refractivity contribution in [3.8, 4) is 0 Å². The molecule has 0 bridgehead atoms. The summed E-state index contributed by atoms with van der Waals surface area (Å²) >= 11 is 12.4. The van der Waals surface area contributed by atoms with Crippen molar-refractivity contribution in [1.29, 1.82) is 0 Å². The predicted molar refractivity (Wildman–Crippen MR) is 140 cm³/mol. The minimum atomic E-state index is -3.77. The average molecular weight is 541 g/mol. The van der Waals surface area contributed by atoms with E-state index in [1.807, 2.05) is 13.0 Å². The number of benzene rings is 2. The molecule has 0 heterocycles. The summed E-state index contributed by atoms with van der Waals surface area (Å²) in [5.74, 6) is -0.797. The lowest BCUT2D eigenvalue weighted by atomic mass is 10.1. The topological polar surface area (TPSA) is 86.8 Å². The lowest BCUT2D eigenvalue weighted by molar-refractivity contribution is -0.139. The molecule has 0 aliphatic heterocycles. The van der Waals surface area contributed by atoms with Crippen LogP contribution in [0.25, 0.3) is 0 Å². The first kappa shape index (κ1) is 27.3. The molecule has 1 fully saturated rings. The van der Waals surface area contributed by atoms with Gasteiger partial charge in [0.05, 0.1) is 11.9 Å². The second-order valence-corrected chi connectivity index (χ2v) is 11.8. The summed E-state index contributed by atoms with van der Waals surface area (Å²) in [6.45, 7) is 3.06. The van der Waals surface area contributed by atoms with Crippen molar-refractivity contribution in [3.63, 3.8) is 0 Å². The smallest absolute Gasteiger partial charge is 0.244 e. The summed E-state index contributed by atoms with van der Waals surface area (Å²) in [7, 11) is -3.77. The highest BCUT2D eigenvalue weighted by Gasteiger charge is 2.31. The van der Waals surface area contributed by atoms with E-state index in [1.54, 1.807) is 43.3 Å². The molecule has 1 atom stereocenters. The van der Waals surface area contributed by atoms with E-state index in [4.69, 9.17) is 23.2 Å². The third kappa shape index (κ3) is 7.35. The highest BCUT2D eigenvalue weighted by atomic mass is 35.5. The molecule has 10 heteroatoms. The molecule has 0 aromatic heterocycles. The number of amides is 2. The van der Waals surface area contributed by atoms with Gasteiger partial charge >= 0.3 is 0 Å². The highest BCUT2D eigenvalue weighted by molar-refractivity contribution is 7.92. The lowest BCUT2D eigenvalue weighted by Gasteiger charge is -2.32. The fraction of sp³-hybridized carbons (Fsp3) is 0.440. The van der Waals surface area contributed by atoms with Gasteiger partial charge in [0.1, 0.15) is 12.6 Å². The van der Waals surface area contributed by atoms with Crippen molar-refractivity contribution in [2.75, 3.05) is 17.1 Å². The van der Waals surface area contributed by atoms with Crippen LogP contribution in [-0.2, 0) is 26.2 Å². The van der Waals surface area contributed by atoms with Crippen LogP contribution in [-0.4, -0.2) is 50.0 Å². The summed E-state index contributed by atoms with van der Waals surface area (Å²) in [4.78, 5) is 28.0. The van der Waals surface area contributed by atoms with Gasteiger partial charge in [-0.1, -0.05) is 54.2 Å². The Kier molecular flexibility index (Phi) is 9.07. The number of anilines is 1. The van der Waals surface area contributed by atoms with Crippen molar-refractivity contribution < 1.29 is 18.0 Å². The van der Waals surface area contributed by atoms with Crippen LogP contribution in [0.5, 0.6) is 0 Å². The van der Waals surface area contributed by atoms with Gasteiger partial charge in [-0.25, -0.2) is 8.42 Å². The van der Waals surface area contributed by atoms with E-state index in [9.17, 15) is 18.0 Å². The number of carbonyl (C=O) groups is 2. The number of rotatable bonds is 9. The van der Waals surface area contributed by atoms with Crippen LogP contribution in [0.4, 0.5) is 5.69 Å². The minimum absolute atomic E-state index is 0.0273. The van der Waals surface area contributed by atoms with Gasteiger partial charge in [0, 0.05) is 22.6 Å². The molecular weight excluding hydrogens is 509 g/mol. The van der Waals surface area contributed by atoms with Crippen molar-refractivity contribution in [1.82, 2.24) is 10.2 Å². The molecule has 0 radical (unpaired) electrons. The SMILES string of the molecule is Cc1cccc(N(CC(=O)N(Cc2ccc(Cl)cc2Cl)[C@@H](C)C(=O)NC2CCCC2)S(C)(=O)=O)c1. The number of nitrogens with one attached hydrogen (secondary N) is 1. The van der Waals surface area contributed by atoms with E-state index < -0.39 is 28.5 Å². The molecule has 2 amide bonds. The number of aryl methyl sites for hydroxylation is 1. The fourth-order valence-electron chi connectivity index (χ4n) is 4.20. The standard InChI is InChI=1S/C25H31Cl2N3O4S/c1-17-7-6-10-22(13-17)30(35(3,33)34)16-24(31)29(15-19-11-12-20(26)14-23(19)27)18(2)25(32)28-21-8-4-5-9-21/h6-7,10-14,18,21H,4-5,8-9,15-16H2,1-3H3,(H,28,32)/t18-/m0/s1. The fourth-order valence-corrected chi connectivity index (χ4v) is 5.51. The van der Waals surface area contributed by atoms with Crippen LogP contribution in [0, 0.1) is 6.92 Å². The summed E-state index contributed by atoms with van der Waals surface area (Å²) in [6.07, 6.45) is 4.98. The van der Waals surface area contributed by atoms with E-state index in [2.05, 4.69) is 5.32 Å². The van der Waals surface area contributed by atoms with Crippen LogP contribution in [0.3, 0.4) is 0 Å². The average Bonchev–Trinajstić information content (AvgIpc) is 3.28. The first-order valence-electron chi connectivity index (χ1n) is 11.5. The molecule has 35 heavy (non-hydrogen) atoms. The Hall–Kier alpha value is -2.29. The molecule has 2 aromatic rings. The van der Waals surface area contributed by atoms with Crippen molar-refractivity contribution in [2.45, 2.75) is 58.2 Å². The van der Waals surface area contributed by atoms with Crippen molar-refractivity contribution in [2.24, 2.45) is 0 Å². The number of carbonyl (C=O) groups excluding carboxylic acids is 2. The van der Waals surface area contributed by atoms with Crippen LogP contribution >= 0.6 is 23.2 Å². The number of hydrogen-bond donors (Lipinski definition) is 1. The molecule has 1 N–H and O–H groups in total. The Morgan fingerprint density at radius 2 is 1.80 bits per heavy atom. The zero-order chi connectivity index (χ0) is 25.8. The van der Waals surface area contributed by atoms with E-state index in [-0.39, 0.29) is 18.5 Å². The largest absolute Gasteiger partial charge is 0.352 e. The molecule has 2 aromatic carbocycles. The van der Waals surface area contributed by atoms with E-state index in [0.717, 1.165) is 41.8 Å². The van der Waals surface area contributed by atoms with Gasteiger partial charge in [0.2, 0.25) is 21.8 Å². The maximum absolute atomic E-state index is 13.6. The van der Waals surface area contributed by atoms with Crippen LogP contribution < -0.4 is 9.62 Å². The monoisotopic (exact) mass is 539 g/mol.